The van der Waals surface area contributed by atoms with Gasteiger partial charge in [0.15, 0.2) is 0 Å². The third kappa shape index (κ3) is 5.40. The minimum atomic E-state index is 0.761. The number of hydrogen-bond acceptors (Lipinski definition) is 5. The molecule has 1 aliphatic heterocycles. The second-order valence-electron chi connectivity index (χ2n) is 10.3. The van der Waals surface area contributed by atoms with E-state index in [1.54, 1.807) is 0 Å². The monoisotopic (exact) mass is 547 g/mol. The normalized spacial score (nSPS) is 12.6. The number of fused-ring (bicyclic) bond motifs is 1. The van der Waals surface area contributed by atoms with Crippen molar-refractivity contribution >= 4 is 16.5 Å². The highest BCUT2D eigenvalue weighted by Gasteiger charge is 2.12. The number of nitrogens with zero attached hydrogens (tertiary/aromatic N) is 3. The van der Waals surface area contributed by atoms with E-state index < -0.39 is 0 Å². The van der Waals surface area contributed by atoms with Gasteiger partial charge in [-0.2, -0.15) is 0 Å². The molecule has 0 amide bonds. The van der Waals surface area contributed by atoms with Crippen molar-refractivity contribution in [1.29, 1.82) is 0 Å². The van der Waals surface area contributed by atoms with Gasteiger partial charge in [0, 0.05) is 48.3 Å². The van der Waals surface area contributed by atoms with E-state index in [9.17, 15) is 0 Å². The Labute approximate surface area is 245 Å². The second kappa shape index (κ2) is 11.1. The van der Waals surface area contributed by atoms with E-state index in [1.165, 1.54) is 0 Å². The van der Waals surface area contributed by atoms with E-state index in [1.807, 2.05) is 79.0 Å². The molecule has 0 spiro atoms. The molecule has 0 saturated heterocycles. The van der Waals surface area contributed by atoms with Crippen LogP contribution in [-0.4, -0.2) is 23.6 Å². The summed E-state index contributed by atoms with van der Waals surface area (Å²) in [6, 6.07) is 42.9. The summed E-state index contributed by atoms with van der Waals surface area (Å²) in [5.41, 5.74) is 5.06. The molecule has 0 N–H and O–H groups in total. The minimum absolute atomic E-state index is 0.761. The standard InChI is InChI=1S/C37H29N3O2/c1-39-20-21-40(26-39)31-12-7-15-34(25-31)41-32-13-5-11-30(23-32)36-24-29(18-19-38-36)28-10-4-14-33(22-28)42-37-17-6-9-27-8-2-3-16-35(27)37/h2-25H,26H2,1H3. The van der Waals surface area contributed by atoms with Gasteiger partial charge < -0.3 is 19.3 Å². The van der Waals surface area contributed by atoms with Crippen LogP contribution in [0.25, 0.3) is 33.2 Å². The van der Waals surface area contributed by atoms with Gasteiger partial charge in [-0.15, -0.1) is 0 Å². The van der Waals surface area contributed by atoms with E-state index in [-0.39, 0.29) is 0 Å². The SMILES string of the molecule is CN1C=CN(c2cccc(Oc3cccc(-c4cc(-c5cccc(Oc6cccc7ccccc67)c5)ccn4)c3)c2)C1. The molecule has 0 fully saturated rings. The Kier molecular flexibility index (Phi) is 6.74. The van der Waals surface area contributed by atoms with Crippen molar-refractivity contribution in [2.45, 2.75) is 0 Å². The molecule has 1 aromatic heterocycles. The number of anilines is 1. The fraction of sp³-hybridized carbons (Fsp3) is 0.0541. The maximum absolute atomic E-state index is 6.35. The first-order valence-electron chi connectivity index (χ1n) is 13.9. The first-order valence-corrected chi connectivity index (χ1v) is 13.9. The van der Waals surface area contributed by atoms with E-state index >= 15 is 0 Å². The van der Waals surface area contributed by atoms with Gasteiger partial charge in [-0.05, 0) is 71.1 Å². The molecule has 7 rings (SSSR count). The number of aromatic nitrogens is 1. The van der Waals surface area contributed by atoms with Crippen molar-refractivity contribution < 1.29 is 9.47 Å². The van der Waals surface area contributed by atoms with Crippen molar-refractivity contribution in [2.24, 2.45) is 0 Å². The van der Waals surface area contributed by atoms with Crippen LogP contribution in [-0.2, 0) is 0 Å². The van der Waals surface area contributed by atoms with Crippen LogP contribution in [0.5, 0.6) is 23.0 Å². The van der Waals surface area contributed by atoms with Gasteiger partial charge in [0.1, 0.15) is 23.0 Å². The topological polar surface area (TPSA) is 37.8 Å². The Morgan fingerprint density at radius 2 is 1.29 bits per heavy atom. The Hall–Kier alpha value is -5.55. The molecule has 5 aromatic carbocycles. The fourth-order valence-corrected chi connectivity index (χ4v) is 5.20. The molecule has 0 bridgehead atoms. The van der Waals surface area contributed by atoms with Gasteiger partial charge in [0.05, 0.1) is 12.4 Å². The predicted molar refractivity (Wildman–Crippen MR) is 170 cm³/mol. The van der Waals surface area contributed by atoms with Crippen molar-refractivity contribution in [3.8, 4) is 45.4 Å². The van der Waals surface area contributed by atoms with Gasteiger partial charge in [0.2, 0.25) is 0 Å². The summed E-state index contributed by atoms with van der Waals surface area (Å²) < 4.78 is 12.6. The lowest BCUT2D eigenvalue weighted by molar-refractivity contribution is 0.481. The highest BCUT2D eigenvalue weighted by atomic mass is 16.5. The van der Waals surface area contributed by atoms with Crippen LogP contribution in [0.3, 0.4) is 0 Å². The number of benzene rings is 5. The largest absolute Gasteiger partial charge is 0.457 e. The van der Waals surface area contributed by atoms with Crippen LogP contribution < -0.4 is 14.4 Å². The molecule has 0 unspecified atom stereocenters. The number of rotatable bonds is 7. The zero-order chi connectivity index (χ0) is 28.3. The van der Waals surface area contributed by atoms with Gasteiger partial charge in [-0.1, -0.05) is 66.7 Å². The van der Waals surface area contributed by atoms with E-state index in [2.05, 4.69) is 88.8 Å². The van der Waals surface area contributed by atoms with Crippen LogP contribution in [0.2, 0.25) is 0 Å². The van der Waals surface area contributed by atoms with Crippen molar-refractivity contribution in [2.75, 3.05) is 18.6 Å². The molecule has 5 nitrogen and oxygen atoms in total. The molecule has 5 heteroatoms. The van der Waals surface area contributed by atoms with Gasteiger partial charge in [0.25, 0.3) is 0 Å². The molecule has 1 aliphatic rings. The Morgan fingerprint density at radius 1 is 0.595 bits per heavy atom. The lowest BCUT2D eigenvalue weighted by Gasteiger charge is -2.19. The fourth-order valence-electron chi connectivity index (χ4n) is 5.20. The predicted octanol–water partition coefficient (Wildman–Crippen LogP) is 9.33. The second-order valence-corrected chi connectivity index (χ2v) is 10.3. The molecular weight excluding hydrogens is 518 g/mol. The average molecular weight is 548 g/mol. The smallest absolute Gasteiger partial charge is 0.135 e. The van der Waals surface area contributed by atoms with Crippen LogP contribution in [0.4, 0.5) is 5.69 Å². The first-order chi connectivity index (χ1) is 20.7. The van der Waals surface area contributed by atoms with Gasteiger partial charge in [-0.3, -0.25) is 4.98 Å². The molecule has 6 aromatic rings. The van der Waals surface area contributed by atoms with E-state index in [0.717, 1.165) is 68.5 Å². The first kappa shape index (κ1) is 25.4. The number of ether oxygens (including phenoxy) is 2. The molecule has 204 valence electrons. The zero-order valence-corrected chi connectivity index (χ0v) is 23.2. The van der Waals surface area contributed by atoms with Crippen LogP contribution in [0, 0.1) is 0 Å². The van der Waals surface area contributed by atoms with Gasteiger partial charge in [-0.25, -0.2) is 0 Å². The number of hydrogen-bond donors (Lipinski definition) is 0. The maximum atomic E-state index is 6.35. The number of pyridine rings is 1. The summed E-state index contributed by atoms with van der Waals surface area (Å²) in [4.78, 5) is 8.99. The maximum Gasteiger partial charge on any atom is 0.135 e. The highest BCUT2D eigenvalue weighted by Crippen LogP contribution is 2.34. The lowest BCUT2D eigenvalue weighted by Crippen LogP contribution is -2.21. The Balaban J connectivity index is 1.12. The summed E-state index contributed by atoms with van der Waals surface area (Å²) in [5.74, 6) is 3.18. The lowest BCUT2D eigenvalue weighted by atomic mass is 10.0. The summed E-state index contributed by atoms with van der Waals surface area (Å²) >= 11 is 0. The Bertz CT molecular complexity index is 1910. The van der Waals surface area contributed by atoms with Crippen LogP contribution >= 0.6 is 0 Å². The van der Waals surface area contributed by atoms with Gasteiger partial charge >= 0.3 is 0 Å². The zero-order valence-electron chi connectivity index (χ0n) is 23.2. The van der Waals surface area contributed by atoms with Crippen LogP contribution in [0.15, 0.2) is 146 Å². The van der Waals surface area contributed by atoms with E-state index in [4.69, 9.17) is 9.47 Å². The minimum Gasteiger partial charge on any atom is -0.457 e. The highest BCUT2D eigenvalue weighted by molar-refractivity contribution is 5.88. The summed E-state index contributed by atoms with van der Waals surface area (Å²) in [6.45, 7) is 0.819. The molecule has 0 saturated carbocycles. The van der Waals surface area contributed by atoms with Crippen molar-refractivity contribution in [3.05, 3.63) is 146 Å². The summed E-state index contributed by atoms with van der Waals surface area (Å²) in [6.07, 6.45) is 5.98. The molecule has 0 atom stereocenters. The molecule has 42 heavy (non-hydrogen) atoms. The quantitative estimate of drug-likeness (QED) is 0.199. The van der Waals surface area contributed by atoms with Crippen molar-refractivity contribution in [3.63, 3.8) is 0 Å². The molecule has 0 aliphatic carbocycles. The average Bonchev–Trinajstić information content (AvgIpc) is 3.48. The molecule has 0 radical (unpaired) electrons. The van der Waals surface area contributed by atoms with E-state index in [0.29, 0.717) is 0 Å². The third-order valence-electron chi connectivity index (χ3n) is 7.30. The summed E-state index contributed by atoms with van der Waals surface area (Å²) in [5, 5.41) is 2.24. The third-order valence-corrected chi connectivity index (χ3v) is 7.30. The Morgan fingerprint density at radius 3 is 2.14 bits per heavy atom. The molecule has 2 heterocycles. The molecular formula is C37H29N3O2. The van der Waals surface area contributed by atoms with Crippen LogP contribution in [0.1, 0.15) is 0 Å². The van der Waals surface area contributed by atoms with Crippen molar-refractivity contribution in [1.82, 2.24) is 9.88 Å². The summed E-state index contributed by atoms with van der Waals surface area (Å²) in [7, 11) is 2.06.